The van der Waals surface area contributed by atoms with Gasteiger partial charge in [0.2, 0.25) is 11.8 Å². The number of pyridine rings is 1. The molecule has 0 saturated carbocycles. The van der Waals surface area contributed by atoms with Crippen molar-refractivity contribution in [1.29, 1.82) is 0 Å². The molecule has 0 radical (unpaired) electrons. The van der Waals surface area contributed by atoms with E-state index in [1.54, 1.807) is 7.05 Å². The molecule has 4 fully saturated rings. The molecule has 2 unspecified atom stereocenters. The van der Waals surface area contributed by atoms with Crippen LogP contribution in [-0.4, -0.2) is 140 Å². The number of urea groups is 1. The van der Waals surface area contributed by atoms with Crippen LogP contribution in [0.1, 0.15) is 96.3 Å². The fraction of sp³-hybridized carbons (Fsp3) is 0.580. The highest BCUT2D eigenvalue weighted by atomic mass is 32.1. The van der Waals surface area contributed by atoms with Crippen molar-refractivity contribution in [2.24, 2.45) is 11.3 Å². The van der Waals surface area contributed by atoms with E-state index in [0.29, 0.717) is 50.4 Å². The highest BCUT2D eigenvalue weighted by molar-refractivity contribution is 7.10. The van der Waals surface area contributed by atoms with E-state index >= 15 is 0 Å². The number of esters is 1. The maximum Gasteiger partial charge on any atom is 0.324 e. The third kappa shape index (κ3) is 9.18. The van der Waals surface area contributed by atoms with E-state index in [2.05, 4.69) is 79.5 Å². The Morgan fingerprint density at radius 3 is 2.49 bits per heavy atom. The Hall–Kier alpha value is -5.39. The van der Waals surface area contributed by atoms with Gasteiger partial charge in [-0.1, -0.05) is 47.6 Å². The van der Waals surface area contributed by atoms with Crippen molar-refractivity contribution in [3.63, 3.8) is 0 Å². The van der Waals surface area contributed by atoms with Crippen LogP contribution >= 0.6 is 11.3 Å². The van der Waals surface area contributed by atoms with Crippen LogP contribution in [0.2, 0.25) is 0 Å². The summed E-state index contributed by atoms with van der Waals surface area (Å²) in [6, 6.07) is 7.21. The van der Waals surface area contributed by atoms with Gasteiger partial charge < -0.3 is 34.6 Å². The van der Waals surface area contributed by atoms with E-state index in [1.807, 2.05) is 41.3 Å². The molecule has 1 aromatic carbocycles. The highest BCUT2D eigenvalue weighted by Crippen LogP contribution is 2.42. The molecule has 8 bridgehead atoms. The average molecular weight is 935 g/mol. The first-order valence-corrected chi connectivity index (χ1v) is 25.1. The molecule has 5 aliphatic heterocycles. The topological polar surface area (TPSA) is 184 Å². The van der Waals surface area contributed by atoms with E-state index in [1.165, 1.54) is 21.2 Å². The minimum Gasteiger partial charge on any atom is -0.464 e. The smallest absolute Gasteiger partial charge is 0.324 e. The Morgan fingerprint density at radius 1 is 1.06 bits per heavy atom. The number of hydrazine groups is 1. The van der Waals surface area contributed by atoms with Gasteiger partial charge in [0.05, 0.1) is 46.8 Å². The summed E-state index contributed by atoms with van der Waals surface area (Å²) in [4.78, 5) is 85.9. The third-order valence-electron chi connectivity index (χ3n) is 14.3. The molecule has 5 amide bonds. The predicted octanol–water partition coefficient (Wildman–Crippen LogP) is 5.34. The largest absolute Gasteiger partial charge is 0.464 e. The van der Waals surface area contributed by atoms with E-state index in [9.17, 15) is 24.0 Å². The molecule has 358 valence electrons. The number of rotatable bonds is 8. The van der Waals surface area contributed by atoms with Gasteiger partial charge in [0, 0.05) is 85.2 Å². The van der Waals surface area contributed by atoms with Gasteiger partial charge in [-0.15, -0.1) is 11.3 Å². The standard InChI is InChI=1S/C50H66N10O6S/c1-9-58-40-17-14-30-20-34(40)35(44(58)33-12-10-18-51-42(33)28(2)3)22-50(6,7)27-66-48(64)36-13-11-19-59(55-36)47(63)37(21-41-53-39(30)26-67-41)54-45(61)43(29(4)5)56(8)49(65)60-31-15-16-32(60)25-57(24-31)46(62)38-23-52-38/h10,12,14,17-18,20,26,28-29,31-32,36-38,43,52,55H,9,11,13,15-16,19,21-25,27H2,1-8H3,(H,54,61)/t31?,32?,36-,37-,38-,43-/m0/s1. The molecule has 0 aliphatic carbocycles. The molecular weight excluding hydrogens is 869 g/mol. The number of ether oxygens (including phenoxy) is 1. The Bertz CT molecular complexity index is 2550. The van der Waals surface area contributed by atoms with Crippen molar-refractivity contribution in [2.75, 3.05) is 39.8 Å². The monoisotopic (exact) mass is 934 g/mol. The first-order valence-electron chi connectivity index (χ1n) is 24.2. The minimum atomic E-state index is -1.07. The van der Waals surface area contributed by atoms with E-state index in [4.69, 9.17) is 14.7 Å². The van der Waals surface area contributed by atoms with Crippen LogP contribution in [0.3, 0.4) is 0 Å². The number of benzene rings is 1. The third-order valence-corrected chi connectivity index (χ3v) is 15.2. The number of aromatic nitrogens is 3. The lowest BCUT2D eigenvalue weighted by Gasteiger charge is -2.44. The maximum atomic E-state index is 14.7. The van der Waals surface area contributed by atoms with E-state index in [0.717, 1.165) is 64.1 Å². The average Bonchev–Trinajstić information content (AvgIpc) is 3.91. The number of carbonyl (C=O) groups excluding carboxylic acids is 5. The second-order valence-corrected chi connectivity index (χ2v) is 21.6. The number of hydrogen-bond acceptors (Lipinski definition) is 11. The first kappa shape index (κ1) is 46.7. The molecule has 4 saturated heterocycles. The molecule has 6 atom stereocenters. The van der Waals surface area contributed by atoms with Crippen LogP contribution in [0.15, 0.2) is 41.9 Å². The number of cyclic esters (lactones) is 1. The Morgan fingerprint density at radius 2 is 1.81 bits per heavy atom. The van der Waals surface area contributed by atoms with Gasteiger partial charge in [0.25, 0.3) is 5.91 Å². The molecule has 67 heavy (non-hydrogen) atoms. The van der Waals surface area contributed by atoms with Crippen molar-refractivity contribution in [3.8, 4) is 22.5 Å². The van der Waals surface area contributed by atoms with E-state index in [-0.39, 0.29) is 54.9 Å². The van der Waals surface area contributed by atoms with Crippen LogP contribution in [0.4, 0.5) is 4.79 Å². The summed E-state index contributed by atoms with van der Waals surface area (Å²) in [5.74, 6) is -1.32. The van der Waals surface area contributed by atoms with Gasteiger partial charge in [-0.2, -0.15) is 0 Å². The molecule has 0 spiro atoms. The Labute approximate surface area is 397 Å². The molecular formula is C50H66N10O6S. The summed E-state index contributed by atoms with van der Waals surface area (Å²) in [6.45, 7) is 17.4. The summed E-state index contributed by atoms with van der Waals surface area (Å²) < 4.78 is 8.50. The zero-order chi connectivity index (χ0) is 47.5. The lowest BCUT2D eigenvalue weighted by molar-refractivity contribution is -0.155. The summed E-state index contributed by atoms with van der Waals surface area (Å²) in [5, 5.41) is 11.4. The fourth-order valence-corrected chi connectivity index (χ4v) is 11.8. The molecule has 16 nitrogen and oxygen atoms in total. The molecule has 3 aromatic heterocycles. The number of thiazole rings is 1. The number of nitrogens with zero attached hydrogens (tertiary/aromatic N) is 7. The molecule has 3 N–H and O–H groups in total. The highest BCUT2D eigenvalue weighted by Gasteiger charge is 2.48. The molecule has 4 aromatic rings. The normalized spacial score (nSPS) is 24.4. The van der Waals surface area contributed by atoms with Crippen molar-refractivity contribution < 1.29 is 28.7 Å². The van der Waals surface area contributed by atoms with Crippen molar-refractivity contribution in [1.82, 2.24) is 50.3 Å². The number of fused-ring (bicyclic) bond motifs is 8. The van der Waals surface area contributed by atoms with E-state index < -0.39 is 41.3 Å². The number of amides is 5. The zero-order valence-electron chi connectivity index (χ0n) is 40.1. The van der Waals surface area contributed by atoms with Crippen LogP contribution in [-0.2, 0) is 43.3 Å². The molecule has 17 heteroatoms. The molecule has 9 rings (SSSR count). The second-order valence-electron chi connectivity index (χ2n) is 20.6. The summed E-state index contributed by atoms with van der Waals surface area (Å²) in [6.07, 6.45) is 5.19. The van der Waals surface area contributed by atoms with Gasteiger partial charge in [0.15, 0.2) is 0 Å². The van der Waals surface area contributed by atoms with Crippen molar-refractivity contribution in [3.05, 3.63) is 58.2 Å². The number of carbonyl (C=O) groups is 5. The first-order chi connectivity index (χ1) is 32.0. The van der Waals surface area contributed by atoms with Crippen molar-refractivity contribution in [2.45, 2.75) is 136 Å². The van der Waals surface area contributed by atoms with Crippen LogP contribution in [0.5, 0.6) is 0 Å². The second kappa shape index (κ2) is 18.6. The number of likely N-dealkylation sites (N-methyl/N-ethyl adjacent to an activating group) is 1. The van der Waals surface area contributed by atoms with Gasteiger partial charge in [-0.3, -0.25) is 29.2 Å². The van der Waals surface area contributed by atoms with Crippen LogP contribution in [0.25, 0.3) is 33.4 Å². The number of likely N-dealkylation sites (tertiary alicyclic amines) is 1. The Balaban J connectivity index is 1.04. The summed E-state index contributed by atoms with van der Waals surface area (Å²) in [5.41, 5.74) is 9.84. The molecule has 5 aliphatic rings. The van der Waals surface area contributed by atoms with Gasteiger partial charge in [-0.05, 0) is 80.7 Å². The lowest BCUT2D eigenvalue weighted by atomic mass is 9.84. The number of nitrogens with one attached hydrogen (secondary N) is 3. The number of piperazine rings is 1. The Kier molecular flexibility index (Phi) is 13.0. The minimum absolute atomic E-state index is 0.0850. The number of hydrogen-bond donors (Lipinski definition) is 3. The quantitative estimate of drug-likeness (QED) is 0.154. The van der Waals surface area contributed by atoms with Gasteiger partial charge in [-0.25, -0.2) is 15.2 Å². The van der Waals surface area contributed by atoms with Gasteiger partial charge in [0.1, 0.15) is 18.1 Å². The SMILES string of the molecule is CCn1c(-c2cccnc2C(C)C)c2c3cc(ccc31)-c1csc(n1)C[C@H](NC(=O)[C@H](C(C)C)N(C)C(=O)N1C3CCC1CN(C(=O)[C@@H]1CN1)C3)C(=O)N1CCC[C@H](N1)C(=O)OCC(C)(C)C2. The zero-order valence-corrected chi connectivity index (χ0v) is 41.0. The molecule has 8 heterocycles. The van der Waals surface area contributed by atoms with Crippen LogP contribution in [0, 0.1) is 11.3 Å². The summed E-state index contributed by atoms with van der Waals surface area (Å²) >= 11 is 1.43. The predicted molar refractivity (Wildman–Crippen MR) is 257 cm³/mol. The maximum absolute atomic E-state index is 14.7. The van der Waals surface area contributed by atoms with Crippen LogP contribution < -0.4 is 16.1 Å². The summed E-state index contributed by atoms with van der Waals surface area (Å²) in [7, 11) is 1.65. The number of aryl methyl sites for hydroxylation is 1. The van der Waals surface area contributed by atoms with Crippen molar-refractivity contribution >= 4 is 52.0 Å². The van der Waals surface area contributed by atoms with Gasteiger partial charge >= 0.3 is 12.0 Å². The lowest BCUT2D eigenvalue weighted by Crippen LogP contribution is -2.64. The fourth-order valence-electron chi connectivity index (χ4n) is 10.9.